The summed E-state index contributed by atoms with van der Waals surface area (Å²) in [6.45, 7) is 0.526. The highest BCUT2D eigenvalue weighted by atomic mass is 16.5. The van der Waals surface area contributed by atoms with Crippen molar-refractivity contribution < 1.29 is 9.14 Å². The molecule has 1 aliphatic rings. The molecule has 1 saturated carbocycles. The monoisotopic (exact) mass is 410 g/mol. The van der Waals surface area contributed by atoms with Gasteiger partial charge in [0, 0.05) is 5.39 Å². The van der Waals surface area contributed by atoms with Gasteiger partial charge in [-0.3, -0.25) is 0 Å². The van der Waals surface area contributed by atoms with E-state index in [9.17, 15) is 0 Å². The van der Waals surface area contributed by atoms with Gasteiger partial charge in [-0.2, -0.15) is 4.40 Å². The molecule has 3 heterocycles. The highest BCUT2D eigenvalue weighted by molar-refractivity contribution is 5.92. The van der Waals surface area contributed by atoms with E-state index in [4.69, 9.17) is 10.5 Å². The number of hydrogen-bond acceptors (Lipinski definition) is 3. The van der Waals surface area contributed by atoms with Gasteiger partial charge in [-0.1, -0.05) is 48.9 Å². The number of hydrogen-bond donors (Lipinski definition) is 3. The van der Waals surface area contributed by atoms with Gasteiger partial charge in [0.05, 0.1) is 23.3 Å². The minimum absolute atomic E-state index is 0.526. The zero-order valence-corrected chi connectivity index (χ0v) is 17.1. The SMILES string of the molecule is Nc1ncc[n+]2c(C3CCC3)[nH]c(-c3cc4cccc(OCc5ccccc5)c4[nH]3)c12. The van der Waals surface area contributed by atoms with E-state index in [2.05, 4.69) is 43.6 Å². The van der Waals surface area contributed by atoms with Crippen molar-refractivity contribution in [2.24, 2.45) is 0 Å². The summed E-state index contributed by atoms with van der Waals surface area (Å²) in [7, 11) is 0. The molecule has 6 nitrogen and oxygen atoms in total. The topological polar surface area (TPSA) is 83.8 Å². The number of anilines is 1. The molecule has 0 radical (unpaired) electrons. The number of nitrogens with one attached hydrogen (secondary N) is 2. The lowest BCUT2D eigenvalue weighted by Gasteiger charge is -2.20. The lowest BCUT2D eigenvalue weighted by atomic mass is 9.85. The molecular weight excluding hydrogens is 386 g/mol. The van der Waals surface area contributed by atoms with Crippen LogP contribution >= 0.6 is 0 Å². The van der Waals surface area contributed by atoms with E-state index in [1.807, 2.05) is 36.5 Å². The minimum atomic E-state index is 0.526. The molecule has 0 amide bonds. The van der Waals surface area contributed by atoms with Crippen LogP contribution in [0.15, 0.2) is 67.0 Å². The molecule has 0 spiro atoms. The fourth-order valence-corrected chi connectivity index (χ4v) is 4.43. The first kappa shape index (κ1) is 18.0. The van der Waals surface area contributed by atoms with Crippen LogP contribution in [0.4, 0.5) is 5.82 Å². The van der Waals surface area contributed by atoms with E-state index < -0.39 is 0 Å². The Morgan fingerprint density at radius 2 is 1.94 bits per heavy atom. The fourth-order valence-electron chi connectivity index (χ4n) is 4.43. The molecule has 3 aromatic heterocycles. The van der Waals surface area contributed by atoms with Crippen LogP contribution in [0, 0.1) is 0 Å². The second-order valence-electron chi connectivity index (χ2n) is 8.22. The average molecular weight is 411 g/mol. The molecule has 6 heteroatoms. The van der Waals surface area contributed by atoms with Crippen molar-refractivity contribution in [3.05, 3.63) is 78.4 Å². The summed E-state index contributed by atoms with van der Waals surface area (Å²) in [5.74, 6) is 3.10. The number of para-hydroxylation sites is 1. The third-order valence-corrected chi connectivity index (χ3v) is 6.28. The number of aromatic amines is 2. The molecule has 154 valence electrons. The van der Waals surface area contributed by atoms with Crippen LogP contribution in [0.5, 0.6) is 5.75 Å². The molecule has 2 aromatic carbocycles. The van der Waals surface area contributed by atoms with E-state index in [0.717, 1.165) is 39.1 Å². The maximum Gasteiger partial charge on any atom is 0.263 e. The van der Waals surface area contributed by atoms with E-state index in [0.29, 0.717) is 18.3 Å². The zero-order chi connectivity index (χ0) is 20.8. The van der Waals surface area contributed by atoms with Gasteiger partial charge in [0.25, 0.3) is 5.82 Å². The Balaban J connectivity index is 1.43. The number of aromatic nitrogens is 4. The number of H-pyrrole nitrogens is 2. The Labute approximate surface area is 179 Å². The van der Waals surface area contributed by atoms with E-state index in [1.165, 1.54) is 25.1 Å². The number of nitrogens with two attached hydrogens (primary N) is 1. The predicted octanol–water partition coefficient (Wildman–Crippen LogP) is 4.73. The third kappa shape index (κ3) is 3.03. The average Bonchev–Trinajstić information content (AvgIpc) is 3.35. The quantitative estimate of drug-likeness (QED) is 0.366. The van der Waals surface area contributed by atoms with Gasteiger partial charge < -0.3 is 15.5 Å². The number of nitrogens with zero attached hydrogens (tertiary/aromatic N) is 2. The lowest BCUT2D eigenvalue weighted by molar-refractivity contribution is -0.524. The molecule has 5 aromatic rings. The van der Waals surface area contributed by atoms with Crippen LogP contribution in [0.1, 0.15) is 36.6 Å². The van der Waals surface area contributed by atoms with Crippen molar-refractivity contribution in [2.75, 3.05) is 5.73 Å². The fraction of sp³-hybridized carbons (Fsp3) is 0.200. The van der Waals surface area contributed by atoms with Gasteiger partial charge in [-0.05, 0) is 30.5 Å². The van der Waals surface area contributed by atoms with Crippen molar-refractivity contribution in [1.82, 2.24) is 15.0 Å². The van der Waals surface area contributed by atoms with Crippen LogP contribution in [0.2, 0.25) is 0 Å². The first-order chi connectivity index (χ1) is 15.3. The van der Waals surface area contributed by atoms with Gasteiger partial charge >= 0.3 is 0 Å². The molecule has 0 atom stereocenters. The van der Waals surface area contributed by atoms with Gasteiger partial charge in [-0.15, -0.1) is 0 Å². The van der Waals surface area contributed by atoms with Crippen LogP contribution in [0.3, 0.4) is 0 Å². The Bertz CT molecular complexity index is 1380. The molecule has 1 fully saturated rings. The maximum atomic E-state index is 6.31. The normalized spacial score (nSPS) is 14.2. The molecule has 0 aliphatic heterocycles. The molecule has 4 N–H and O–H groups in total. The first-order valence-corrected chi connectivity index (χ1v) is 10.7. The summed E-state index contributed by atoms with van der Waals surface area (Å²) in [6.07, 6.45) is 7.44. The van der Waals surface area contributed by atoms with E-state index in [-0.39, 0.29) is 0 Å². The molecule has 1 aliphatic carbocycles. The summed E-state index contributed by atoms with van der Waals surface area (Å²) >= 11 is 0. The number of fused-ring (bicyclic) bond motifs is 2. The second kappa shape index (κ2) is 7.16. The number of nitrogen functional groups attached to an aromatic ring is 1. The summed E-state index contributed by atoms with van der Waals surface area (Å²) < 4.78 is 8.32. The number of rotatable bonds is 5. The summed E-state index contributed by atoms with van der Waals surface area (Å²) in [5.41, 5.74) is 11.3. The van der Waals surface area contributed by atoms with Crippen molar-refractivity contribution in [3.63, 3.8) is 0 Å². The molecule has 0 saturated heterocycles. The van der Waals surface area contributed by atoms with Gasteiger partial charge in [0.15, 0.2) is 11.5 Å². The van der Waals surface area contributed by atoms with Gasteiger partial charge in [0.1, 0.15) is 18.6 Å². The standard InChI is InChI=1S/C25H23N5O/c26-24-23-22(29-25(17-8-4-9-17)30(23)13-12-27-24)19-14-18-10-5-11-20(21(18)28-19)31-15-16-6-2-1-3-7-16/h1-3,5-7,10-14,17H,4,8-9,15H2,(H3,26,27,28)/p+1. The number of imidazole rings is 1. The van der Waals surface area contributed by atoms with Crippen molar-refractivity contribution in [2.45, 2.75) is 31.8 Å². The van der Waals surface area contributed by atoms with Gasteiger partial charge in [-0.25, -0.2) is 9.97 Å². The number of ether oxygens (including phenoxy) is 1. The Morgan fingerprint density at radius 3 is 2.74 bits per heavy atom. The van der Waals surface area contributed by atoms with Crippen LogP contribution in [0.25, 0.3) is 27.8 Å². The first-order valence-electron chi connectivity index (χ1n) is 10.7. The third-order valence-electron chi connectivity index (χ3n) is 6.28. The van der Waals surface area contributed by atoms with Crippen LogP contribution < -0.4 is 14.9 Å². The van der Waals surface area contributed by atoms with Gasteiger partial charge in [0.2, 0.25) is 5.52 Å². The largest absolute Gasteiger partial charge is 0.487 e. The predicted molar refractivity (Wildman–Crippen MR) is 121 cm³/mol. The minimum Gasteiger partial charge on any atom is -0.487 e. The second-order valence-corrected chi connectivity index (χ2v) is 8.22. The highest BCUT2D eigenvalue weighted by Crippen LogP contribution is 2.37. The van der Waals surface area contributed by atoms with Crippen molar-refractivity contribution in [1.29, 1.82) is 0 Å². The Morgan fingerprint density at radius 1 is 1.06 bits per heavy atom. The highest BCUT2D eigenvalue weighted by Gasteiger charge is 2.33. The van der Waals surface area contributed by atoms with E-state index >= 15 is 0 Å². The van der Waals surface area contributed by atoms with Crippen molar-refractivity contribution in [3.8, 4) is 17.1 Å². The number of benzene rings is 2. The zero-order valence-electron chi connectivity index (χ0n) is 17.1. The molecular formula is C25H24N5O+. The smallest absolute Gasteiger partial charge is 0.263 e. The van der Waals surface area contributed by atoms with Crippen LogP contribution in [-0.2, 0) is 6.61 Å². The van der Waals surface area contributed by atoms with Crippen LogP contribution in [-0.4, -0.2) is 15.0 Å². The molecule has 0 bridgehead atoms. The Kier molecular flexibility index (Phi) is 4.16. The van der Waals surface area contributed by atoms with Crippen molar-refractivity contribution >= 4 is 22.2 Å². The summed E-state index contributed by atoms with van der Waals surface area (Å²) in [5, 5.41) is 1.10. The van der Waals surface area contributed by atoms with E-state index in [1.54, 1.807) is 6.20 Å². The lowest BCUT2D eigenvalue weighted by Crippen LogP contribution is -2.30. The maximum absolute atomic E-state index is 6.31. The Hall–Kier alpha value is -3.80. The summed E-state index contributed by atoms with van der Waals surface area (Å²) in [4.78, 5) is 11.6. The molecule has 0 unspecified atom stereocenters. The summed E-state index contributed by atoms with van der Waals surface area (Å²) in [6, 6.07) is 18.5. The molecule has 6 rings (SSSR count). The molecule has 31 heavy (non-hydrogen) atoms.